The Morgan fingerprint density at radius 3 is 2.43 bits per heavy atom. The highest BCUT2D eigenvalue weighted by Crippen LogP contribution is 2.16. The zero-order chi connectivity index (χ0) is 19.9. The highest BCUT2D eigenvalue weighted by atomic mass is 16.2. The lowest BCUT2D eigenvalue weighted by Gasteiger charge is -2.14. The largest absolute Gasteiger partial charge is 0.350 e. The molecule has 2 aromatic carbocycles. The third kappa shape index (κ3) is 4.47. The Balaban J connectivity index is 1.85. The SMILES string of the molecule is CCCCCn1nc(C(=O)NCC(C)c2ccccc2)c2ccccc2c1=O. The number of nitrogens with one attached hydrogen (secondary N) is 1. The van der Waals surface area contributed by atoms with Gasteiger partial charge in [0.15, 0.2) is 5.69 Å². The second-order valence-corrected chi connectivity index (χ2v) is 7.15. The van der Waals surface area contributed by atoms with Gasteiger partial charge in [0.2, 0.25) is 0 Å². The summed E-state index contributed by atoms with van der Waals surface area (Å²) in [6, 6.07) is 17.3. The van der Waals surface area contributed by atoms with Gasteiger partial charge in [-0.3, -0.25) is 9.59 Å². The molecule has 5 heteroatoms. The minimum atomic E-state index is -0.247. The number of benzene rings is 2. The number of aromatic nitrogens is 2. The van der Waals surface area contributed by atoms with E-state index in [9.17, 15) is 9.59 Å². The quantitative estimate of drug-likeness (QED) is 0.601. The van der Waals surface area contributed by atoms with Gasteiger partial charge in [0.05, 0.1) is 5.39 Å². The molecule has 5 nitrogen and oxygen atoms in total. The van der Waals surface area contributed by atoms with Crippen molar-refractivity contribution in [3.05, 3.63) is 76.2 Å². The number of aryl methyl sites for hydroxylation is 1. The van der Waals surface area contributed by atoms with Crippen LogP contribution in [-0.2, 0) is 6.54 Å². The summed E-state index contributed by atoms with van der Waals surface area (Å²) in [6.45, 7) is 5.22. The molecular weight excluding hydrogens is 350 g/mol. The van der Waals surface area contributed by atoms with E-state index >= 15 is 0 Å². The van der Waals surface area contributed by atoms with E-state index < -0.39 is 0 Å². The summed E-state index contributed by atoms with van der Waals surface area (Å²) in [7, 11) is 0. The lowest BCUT2D eigenvalue weighted by atomic mass is 10.0. The van der Waals surface area contributed by atoms with Crippen LogP contribution in [0.25, 0.3) is 10.8 Å². The van der Waals surface area contributed by atoms with Gasteiger partial charge in [0.1, 0.15) is 0 Å². The highest BCUT2D eigenvalue weighted by molar-refractivity contribution is 6.04. The predicted octanol–water partition coefficient (Wildman–Crippen LogP) is 4.12. The van der Waals surface area contributed by atoms with Gasteiger partial charge in [-0.05, 0) is 24.0 Å². The average Bonchev–Trinajstić information content (AvgIpc) is 2.74. The van der Waals surface area contributed by atoms with Gasteiger partial charge in [0.25, 0.3) is 11.5 Å². The Morgan fingerprint density at radius 2 is 1.71 bits per heavy atom. The molecular formula is C23H27N3O2. The molecule has 146 valence electrons. The van der Waals surface area contributed by atoms with Crippen molar-refractivity contribution >= 4 is 16.7 Å². The van der Waals surface area contributed by atoms with E-state index in [1.54, 1.807) is 12.1 Å². The van der Waals surface area contributed by atoms with Crippen molar-refractivity contribution < 1.29 is 4.79 Å². The number of rotatable bonds is 8. The first-order valence-electron chi connectivity index (χ1n) is 9.94. The molecule has 0 saturated heterocycles. The first-order chi connectivity index (χ1) is 13.6. The van der Waals surface area contributed by atoms with Crippen LogP contribution in [0.2, 0.25) is 0 Å². The molecule has 3 rings (SSSR count). The number of carbonyl (C=O) groups excluding carboxylic acids is 1. The van der Waals surface area contributed by atoms with Crippen molar-refractivity contribution in [3.8, 4) is 0 Å². The summed E-state index contributed by atoms with van der Waals surface area (Å²) in [5.41, 5.74) is 1.35. The average molecular weight is 377 g/mol. The zero-order valence-electron chi connectivity index (χ0n) is 16.5. The lowest BCUT2D eigenvalue weighted by molar-refractivity contribution is 0.0946. The Hall–Kier alpha value is -2.95. The predicted molar refractivity (Wildman–Crippen MR) is 113 cm³/mol. The summed E-state index contributed by atoms with van der Waals surface area (Å²) >= 11 is 0. The lowest BCUT2D eigenvalue weighted by Crippen LogP contribution is -2.32. The van der Waals surface area contributed by atoms with Crippen LogP contribution in [0.15, 0.2) is 59.4 Å². The van der Waals surface area contributed by atoms with Crippen molar-refractivity contribution in [2.75, 3.05) is 6.54 Å². The van der Waals surface area contributed by atoms with Gasteiger partial charge in [-0.1, -0.05) is 75.2 Å². The summed E-state index contributed by atoms with van der Waals surface area (Å²) < 4.78 is 1.44. The first kappa shape index (κ1) is 19.8. The third-order valence-corrected chi connectivity index (χ3v) is 4.99. The van der Waals surface area contributed by atoms with Gasteiger partial charge in [0, 0.05) is 18.5 Å². The van der Waals surface area contributed by atoms with Crippen LogP contribution in [-0.4, -0.2) is 22.2 Å². The maximum Gasteiger partial charge on any atom is 0.274 e. The van der Waals surface area contributed by atoms with Crippen LogP contribution in [0.4, 0.5) is 0 Å². The van der Waals surface area contributed by atoms with Crippen molar-refractivity contribution in [3.63, 3.8) is 0 Å². The summed E-state index contributed by atoms with van der Waals surface area (Å²) in [4.78, 5) is 25.6. The Morgan fingerprint density at radius 1 is 1.04 bits per heavy atom. The van der Waals surface area contributed by atoms with E-state index in [2.05, 4.69) is 36.4 Å². The van der Waals surface area contributed by atoms with Crippen LogP contribution in [0, 0.1) is 0 Å². The van der Waals surface area contributed by atoms with E-state index in [1.807, 2.05) is 30.3 Å². The summed E-state index contributed by atoms with van der Waals surface area (Å²) in [5, 5.41) is 8.54. The molecule has 1 N–H and O–H groups in total. The van der Waals surface area contributed by atoms with E-state index in [4.69, 9.17) is 0 Å². The second-order valence-electron chi connectivity index (χ2n) is 7.15. The number of amides is 1. The van der Waals surface area contributed by atoms with Gasteiger partial charge >= 0.3 is 0 Å². The van der Waals surface area contributed by atoms with Crippen molar-refractivity contribution in [1.82, 2.24) is 15.1 Å². The molecule has 1 unspecified atom stereocenters. The highest BCUT2D eigenvalue weighted by Gasteiger charge is 2.17. The van der Waals surface area contributed by atoms with Gasteiger partial charge in [-0.15, -0.1) is 0 Å². The van der Waals surface area contributed by atoms with Crippen molar-refractivity contribution in [2.24, 2.45) is 0 Å². The molecule has 0 spiro atoms. The molecule has 1 amide bonds. The Kier molecular flexibility index (Phi) is 6.58. The maximum absolute atomic E-state index is 12.9. The number of fused-ring (bicyclic) bond motifs is 1. The third-order valence-electron chi connectivity index (χ3n) is 4.99. The van der Waals surface area contributed by atoms with E-state index in [1.165, 1.54) is 10.2 Å². The fraction of sp³-hybridized carbons (Fsp3) is 0.348. The van der Waals surface area contributed by atoms with Crippen molar-refractivity contribution in [1.29, 1.82) is 0 Å². The summed E-state index contributed by atoms with van der Waals surface area (Å²) in [5.74, 6) is -0.0601. The number of nitrogens with zero attached hydrogens (tertiary/aromatic N) is 2. The molecule has 0 bridgehead atoms. The van der Waals surface area contributed by atoms with Crippen LogP contribution in [0.5, 0.6) is 0 Å². The summed E-state index contributed by atoms with van der Waals surface area (Å²) in [6.07, 6.45) is 2.96. The van der Waals surface area contributed by atoms with Gasteiger partial charge in [-0.2, -0.15) is 5.10 Å². The van der Waals surface area contributed by atoms with Crippen LogP contribution < -0.4 is 10.9 Å². The van der Waals surface area contributed by atoms with Crippen LogP contribution in [0.3, 0.4) is 0 Å². The molecule has 1 aromatic heterocycles. The molecule has 0 fully saturated rings. The Bertz CT molecular complexity index is 996. The molecule has 1 atom stereocenters. The molecule has 3 aromatic rings. The first-order valence-corrected chi connectivity index (χ1v) is 9.94. The minimum absolute atomic E-state index is 0.138. The number of hydrogen-bond acceptors (Lipinski definition) is 3. The number of carbonyl (C=O) groups is 1. The Labute approximate surface area is 165 Å². The normalized spacial score (nSPS) is 12.1. The number of hydrogen-bond donors (Lipinski definition) is 1. The second kappa shape index (κ2) is 9.31. The maximum atomic E-state index is 12.9. The monoisotopic (exact) mass is 377 g/mol. The van der Waals surface area contributed by atoms with E-state index in [0.29, 0.717) is 29.6 Å². The molecule has 0 radical (unpaired) electrons. The van der Waals surface area contributed by atoms with Gasteiger partial charge < -0.3 is 5.32 Å². The van der Waals surface area contributed by atoms with E-state index in [0.717, 1.165) is 19.3 Å². The molecule has 0 saturated carbocycles. The van der Waals surface area contributed by atoms with Crippen LogP contribution >= 0.6 is 0 Å². The molecule has 28 heavy (non-hydrogen) atoms. The van der Waals surface area contributed by atoms with Gasteiger partial charge in [-0.25, -0.2) is 4.68 Å². The molecule has 0 aliphatic heterocycles. The minimum Gasteiger partial charge on any atom is -0.350 e. The van der Waals surface area contributed by atoms with Crippen molar-refractivity contribution in [2.45, 2.75) is 45.6 Å². The molecule has 0 aliphatic rings. The van der Waals surface area contributed by atoms with E-state index in [-0.39, 0.29) is 17.4 Å². The smallest absolute Gasteiger partial charge is 0.274 e. The fourth-order valence-electron chi connectivity index (χ4n) is 3.29. The molecule has 1 heterocycles. The van der Waals surface area contributed by atoms with Crippen LogP contribution in [0.1, 0.15) is 55.1 Å². The fourth-order valence-corrected chi connectivity index (χ4v) is 3.29. The standard InChI is InChI=1S/C23H27N3O2/c1-3-4-10-15-26-23(28)20-14-9-8-13-19(20)21(25-26)22(27)24-16-17(2)18-11-6-5-7-12-18/h5-9,11-14,17H,3-4,10,15-16H2,1-2H3,(H,24,27). The number of unbranched alkanes of at least 4 members (excludes halogenated alkanes) is 2. The topological polar surface area (TPSA) is 64.0 Å². The zero-order valence-corrected chi connectivity index (χ0v) is 16.5. The molecule has 0 aliphatic carbocycles.